The van der Waals surface area contributed by atoms with Crippen molar-refractivity contribution in [2.45, 2.75) is 13.3 Å². The predicted molar refractivity (Wildman–Crippen MR) is 82.1 cm³/mol. The van der Waals surface area contributed by atoms with Gasteiger partial charge in [-0.3, -0.25) is 10.2 Å². The van der Waals surface area contributed by atoms with Crippen molar-refractivity contribution in [1.29, 1.82) is 0 Å². The summed E-state index contributed by atoms with van der Waals surface area (Å²) in [5.41, 5.74) is 4.80. The molecule has 0 fully saturated rings. The second-order valence-electron chi connectivity index (χ2n) is 3.99. The van der Waals surface area contributed by atoms with E-state index in [-0.39, 0.29) is 5.56 Å². The summed E-state index contributed by atoms with van der Waals surface area (Å²) in [4.78, 5) is 11.5. The van der Waals surface area contributed by atoms with Crippen LogP contribution in [0, 0.1) is 0 Å². The van der Waals surface area contributed by atoms with E-state index in [4.69, 9.17) is 12.2 Å². The van der Waals surface area contributed by atoms with Crippen molar-refractivity contribution in [3.63, 3.8) is 0 Å². The average Bonchev–Trinajstić information content (AvgIpc) is 2.42. The predicted octanol–water partition coefficient (Wildman–Crippen LogP) is 2.35. The van der Waals surface area contributed by atoms with E-state index in [1.165, 1.54) is 16.3 Å². The van der Waals surface area contributed by atoms with Gasteiger partial charge in [-0.05, 0) is 36.3 Å². The van der Waals surface area contributed by atoms with Gasteiger partial charge in [0.2, 0.25) is 0 Å². The van der Waals surface area contributed by atoms with Gasteiger partial charge in [-0.15, -0.1) is 0 Å². The van der Waals surface area contributed by atoms with Crippen molar-refractivity contribution in [3.8, 4) is 0 Å². The lowest BCUT2D eigenvalue weighted by Gasteiger charge is -2.14. The van der Waals surface area contributed by atoms with Crippen molar-refractivity contribution in [2.75, 3.05) is 10.7 Å². The number of hydrogen-bond acceptors (Lipinski definition) is 2. The summed E-state index contributed by atoms with van der Waals surface area (Å²) in [5.74, 6) is 0. The molecule has 2 rings (SSSR count). The van der Waals surface area contributed by atoms with Crippen LogP contribution in [0.5, 0.6) is 0 Å². The van der Waals surface area contributed by atoms with Crippen molar-refractivity contribution < 1.29 is 0 Å². The second kappa shape index (κ2) is 6.15. The number of pyridine rings is 1. The summed E-state index contributed by atoms with van der Waals surface area (Å²) in [7, 11) is 0. The Morgan fingerprint density at radius 3 is 2.68 bits per heavy atom. The molecule has 1 heterocycles. The summed E-state index contributed by atoms with van der Waals surface area (Å²) < 4.78 is 1.34. The molecular formula is C14H15N3OS. The molecule has 0 amide bonds. The van der Waals surface area contributed by atoms with E-state index in [1.54, 1.807) is 18.3 Å². The lowest BCUT2D eigenvalue weighted by atomic mass is 10.1. The minimum absolute atomic E-state index is 0.157. The number of nitrogens with zero attached hydrogens (tertiary/aromatic N) is 1. The Hall–Kier alpha value is -2.14. The number of aryl methyl sites for hydroxylation is 1. The van der Waals surface area contributed by atoms with Gasteiger partial charge < -0.3 is 5.32 Å². The van der Waals surface area contributed by atoms with Gasteiger partial charge >= 0.3 is 0 Å². The Kier molecular flexibility index (Phi) is 4.30. The topological polar surface area (TPSA) is 46.1 Å². The van der Waals surface area contributed by atoms with Crippen LogP contribution < -0.4 is 16.3 Å². The molecule has 0 radical (unpaired) electrons. The van der Waals surface area contributed by atoms with Crippen LogP contribution >= 0.6 is 12.2 Å². The van der Waals surface area contributed by atoms with Crippen molar-refractivity contribution in [1.82, 2.24) is 4.68 Å². The maximum Gasteiger partial charge on any atom is 0.269 e. The first kappa shape index (κ1) is 13.3. The number of aromatic nitrogens is 1. The number of hydrogen-bond donors (Lipinski definition) is 2. The molecule has 0 bridgehead atoms. The number of anilines is 1. The zero-order chi connectivity index (χ0) is 13.7. The maximum atomic E-state index is 11.5. The van der Waals surface area contributed by atoms with Crippen molar-refractivity contribution in [2.24, 2.45) is 0 Å². The third-order valence-electron chi connectivity index (χ3n) is 2.69. The normalized spacial score (nSPS) is 9.95. The molecule has 0 saturated heterocycles. The van der Waals surface area contributed by atoms with E-state index in [0.717, 1.165) is 12.1 Å². The zero-order valence-corrected chi connectivity index (χ0v) is 11.4. The fourth-order valence-corrected chi connectivity index (χ4v) is 1.94. The SMILES string of the molecule is CCc1ccccc1NC(=S)Nn1ccccc1=O. The summed E-state index contributed by atoms with van der Waals surface area (Å²) in [6.45, 7) is 2.08. The minimum Gasteiger partial charge on any atom is -0.331 e. The molecule has 5 heteroatoms. The van der Waals surface area contributed by atoms with Crippen LogP contribution in [-0.2, 0) is 6.42 Å². The highest BCUT2D eigenvalue weighted by Crippen LogP contribution is 2.15. The van der Waals surface area contributed by atoms with Crippen molar-refractivity contribution in [3.05, 3.63) is 64.6 Å². The molecule has 19 heavy (non-hydrogen) atoms. The van der Waals surface area contributed by atoms with Gasteiger partial charge in [0.15, 0.2) is 5.11 Å². The highest BCUT2D eigenvalue weighted by Gasteiger charge is 2.02. The average molecular weight is 273 g/mol. The fraction of sp³-hybridized carbons (Fsp3) is 0.143. The zero-order valence-electron chi connectivity index (χ0n) is 10.6. The van der Waals surface area contributed by atoms with Crippen LogP contribution in [0.25, 0.3) is 0 Å². The molecule has 0 aliphatic rings. The molecular weight excluding hydrogens is 258 g/mol. The first-order chi connectivity index (χ1) is 9.20. The van der Waals surface area contributed by atoms with E-state index in [2.05, 4.69) is 17.7 Å². The fourth-order valence-electron chi connectivity index (χ4n) is 1.73. The number of nitrogens with one attached hydrogen (secondary N) is 2. The van der Waals surface area contributed by atoms with E-state index in [0.29, 0.717) is 5.11 Å². The van der Waals surface area contributed by atoms with Gasteiger partial charge in [0.25, 0.3) is 5.56 Å². The Morgan fingerprint density at radius 2 is 1.95 bits per heavy atom. The van der Waals surface area contributed by atoms with E-state index < -0.39 is 0 Å². The number of rotatable bonds is 3. The Labute approximate surface area is 117 Å². The molecule has 1 aromatic heterocycles. The Morgan fingerprint density at radius 1 is 1.21 bits per heavy atom. The molecule has 1 aromatic carbocycles. The maximum absolute atomic E-state index is 11.5. The lowest BCUT2D eigenvalue weighted by molar-refractivity contribution is 0.918. The smallest absolute Gasteiger partial charge is 0.269 e. The van der Waals surface area contributed by atoms with Crippen LogP contribution in [-0.4, -0.2) is 9.79 Å². The quantitative estimate of drug-likeness (QED) is 0.843. The first-order valence-electron chi connectivity index (χ1n) is 6.04. The van der Waals surface area contributed by atoms with Crippen LogP contribution in [0.1, 0.15) is 12.5 Å². The van der Waals surface area contributed by atoms with Crippen LogP contribution in [0.3, 0.4) is 0 Å². The van der Waals surface area contributed by atoms with E-state index in [9.17, 15) is 4.79 Å². The molecule has 98 valence electrons. The summed E-state index contributed by atoms with van der Waals surface area (Å²) >= 11 is 5.20. The summed E-state index contributed by atoms with van der Waals surface area (Å²) in [6.07, 6.45) is 2.54. The molecule has 2 N–H and O–H groups in total. The van der Waals surface area contributed by atoms with Gasteiger partial charge in [0.05, 0.1) is 0 Å². The van der Waals surface area contributed by atoms with Crippen LogP contribution in [0.15, 0.2) is 53.5 Å². The standard InChI is InChI=1S/C14H15N3OS/c1-2-11-7-3-4-8-12(11)15-14(19)16-17-10-6-5-9-13(17)18/h3-10H,2H2,1H3,(H2,15,16,19). The highest BCUT2D eigenvalue weighted by molar-refractivity contribution is 7.80. The summed E-state index contributed by atoms with van der Waals surface area (Å²) in [5, 5.41) is 3.48. The number of thiocarbonyl (C=S) groups is 1. The molecule has 0 aliphatic heterocycles. The van der Waals surface area contributed by atoms with Crippen LogP contribution in [0.4, 0.5) is 5.69 Å². The largest absolute Gasteiger partial charge is 0.331 e. The van der Waals surface area contributed by atoms with Crippen molar-refractivity contribution >= 4 is 23.0 Å². The molecule has 0 saturated carbocycles. The molecule has 0 unspecified atom stereocenters. The van der Waals surface area contributed by atoms with Gasteiger partial charge in [-0.1, -0.05) is 31.2 Å². The first-order valence-corrected chi connectivity index (χ1v) is 6.45. The summed E-state index contributed by atoms with van der Waals surface area (Å²) in [6, 6.07) is 12.8. The molecule has 0 aliphatic carbocycles. The Balaban J connectivity index is 2.10. The second-order valence-corrected chi connectivity index (χ2v) is 4.39. The molecule has 4 nitrogen and oxygen atoms in total. The molecule has 0 spiro atoms. The monoisotopic (exact) mass is 273 g/mol. The van der Waals surface area contributed by atoms with Gasteiger partial charge in [0.1, 0.15) is 0 Å². The van der Waals surface area contributed by atoms with Gasteiger partial charge in [0, 0.05) is 18.0 Å². The van der Waals surface area contributed by atoms with Gasteiger partial charge in [-0.2, -0.15) is 0 Å². The van der Waals surface area contributed by atoms with E-state index in [1.807, 2.05) is 24.3 Å². The van der Waals surface area contributed by atoms with Crippen LogP contribution in [0.2, 0.25) is 0 Å². The van der Waals surface area contributed by atoms with E-state index >= 15 is 0 Å². The molecule has 0 atom stereocenters. The molecule has 2 aromatic rings. The third-order valence-corrected chi connectivity index (χ3v) is 2.88. The minimum atomic E-state index is -0.157. The lowest BCUT2D eigenvalue weighted by Crippen LogP contribution is -2.34. The number of benzene rings is 1. The van der Waals surface area contributed by atoms with Gasteiger partial charge in [-0.25, -0.2) is 4.68 Å². The Bertz CT molecular complexity index is 636. The third kappa shape index (κ3) is 3.42. The highest BCUT2D eigenvalue weighted by atomic mass is 32.1. The number of para-hydroxylation sites is 1.